The van der Waals surface area contributed by atoms with E-state index in [1.807, 2.05) is 0 Å². The normalized spacial score (nSPS) is 10.5. The summed E-state index contributed by atoms with van der Waals surface area (Å²) in [4.78, 5) is 12.1. The van der Waals surface area contributed by atoms with Gasteiger partial charge in [0.1, 0.15) is 5.75 Å². The van der Waals surface area contributed by atoms with Gasteiger partial charge in [0.25, 0.3) is 5.91 Å². The van der Waals surface area contributed by atoms with Crippen LogP contribution in [0.4, 0.5) is 20.2 Å². The Labute approximate surface area is 120 Å². The number of anilines is 2. The van der Waals surface area contributed by atoms with Gasteiger partial charge in [-0.05, 0) is 42.8 Å². The highest BCUT2D eigenvalue weighted by Crippen LogP contribution is 2.22. The van der Waals surface area contributed by atoms with E-state index < -0.39 is 12.5 Å². The minimum Gasteiger partial charge on any atom is -0.434 e. The molecular weight excluding hydrogens is 278 g/mol. The molecule has 0 aromatic heterocycles. The Morgan fingerprint density at radius 3 is 2.62 bits per heavy atom. The number of rotatable bonds is 4. The monoisotopic (exact) mass is 292 g/mol. The summed E-state index contributed by atoms with van der Waals surface area (Å²) in [5.41, 5.74) is 7.67. The number of para-hydroxylation sites is 1. The number of carbonyl (C=O) groups is 1. The molecule has 0 saturated carbocycles. The van der Waals surface area contributed by atoms with Crippen molar-refractivity contribution in [3.8, 4) is 5.75 Å². The van der Waals surface area contributed by atoms with E-state index in [1.54, 1.807) is 31.2 Å². The van der Waals surface area contributed by atoms with Crippen LogP contribution in [0.15, 0.2) is 42.5 Å². The van der Waals surface area contributed by atoms with E-state index in [-0.39, 0.29) is 11.3 Å². The Hall–Kier alpha value is -2.63. The van der Waals surface area contributed by atoms with Crippen molar-refractivity contribution in [2.45, 2.75) is 13.5 Å². The van der Waals surface area contributed by atoms with Crippen LogP contribution in [0.5, 0.6) is 5.75 Å². The first-order valence-electron chi connectivity index (χ1n) is 6.18. The molecule has 1 amide bonds. The smallest absolute Gasteiger partial charge is 0.387 e. The molecule has 0 unspecified atom stereocenters. The summed E-state index contributed by atoms with van der Waals surface area (Å²) in [6, 6.07) is 10.8. The molecule has 0 fully saturated rings. The van der Waals surface area contributed by atoms with Crippen LogP contribution in [0, 0.1) is 6.92 Å². The number of hydrogen-bond acceptors (Lipinski definition) is 3. The highest BCUT2D eigenvalue weighted by molar-refractivity contribution is 6.06. The van der Waals surface area contributed by atoms with Crippen LogP contribution in [0.3, 0.4) is 0 Å². The molecule has 0 aliphatic rings. The third-order valence-electron chi connectivity index (χ3n) is 2.88. The first-order valence-corrected chi connectivity index (χ1v) is 6.18. The van der Waals surface area contributed by atoms with Gasteiger partial charge in [0.15, 0.2) is 0 Å². The van der Waals surface area contributed by atoms with Gasteiger partial charge in [-0.1, -0.05) is 12.1 Å². The number of aryl methyl sites for hydroxylation is 1. The standard InChI is InChI=1S/C15H14F2N2O2/c1-9-8-10(6-7-12(9)18)19-14(20)11-4-2-3-5-13(11)21-15(16)17/h2-8,15H,18H2,1H3,(H,19,20). The van der Waals surface area contributed by atoms with Gasteiger partial charge >= 0.3 is 6.61 Å². The SMILES string of the molecule is Cc1cc(NC(=O)c2ccccc2OC(F)F)ccc1N. The van der Waals surface area contributed by atoms with Gasteiger partial charge < -0.3 is 15.8 Å². The van der Waals surface area contributed by atoms with Crippen molar-refractivity contribution in [3.05, 3.63) is 53.6 Å². The fraction of sp³-hybridized carbons (Fsp3) is 0.133. The molecule has 21 heavy (non-hydrogen) atoms. The van der Waals surface area contributed by atoms with Crippen molar-refractivity contribution in [1.82, 2.24) is 0 Å². The van der Waals surface area contributed by atoms with E-state index in [9.17, 15) is 13.6 Å². The van der Waals surface area contributed by atoms with Gasteiger partial charge in [-0.2, -0.15) is 8.78 Å². The molecule has 2 aromatic rings. The molecule has 4 nitrogen and oxygen atoms in total. The van der Waals surface area contributed by atoms with Crippen LogP contribution in [0.2, 0.25) is 0 Å². The zero-order valence-corrected chi connectivity index (χ0v) is 11.3. The van der Waals surface area contributed by atoms with Crippen LogP contribution in [-0.2, 0) is 0 Å². The summed E-state index contributed by atoms with van der Waals surface area (Å²) >= 11 is 0. The van der Waals surface area contributed by atoms with E-state index >= 15 is 0 Å². The lowest BCUT2D eigenvalue weighted by Gasteiger charge is -2.11. The van der Waals surface area contributed by atoms with E-state index in [4.69, 9.17) is 5.73 Å². The quantitative estimate of drug-likeness (QED) is 0.848. The summed E-state index contributed by atoms with van der Waals surface area (Å²) < 4.78 is 29.0. The van der Waals surface area contributed by atoms with Crippen molar-refractivity contribution in [2.75, 3.05) is 11.1 Å². The molecule has 0 aliphatic heterocycles. The number of nitrogens with two attached hydrogens (primary N) is 1. The second kappa shape index (κ2) is 6.21. The fourth-order valence-corrected chi connectivity index (χ4v) is 1.80. The first kappa shape index (κ1) is 14.8. The molecule has 110 valence electrons. The van der Waals surface area contributed by atoms with Crippen molar-refractivity contribution in [1.29, 1.82) is 0 Å². The van der Waals surface area contributed by atoms with Crippen molar-refractivity contribution >= 4 is 17.3 Å². The van der Waals surface area contributed by atoms with E-state index in [2.05, 4.69) is 10.1 Å². The number of nitrogens with one attached hydrogen (secondary N) is 1. The Bertz CT molecular complexity index is 660. The zero-order chi connectivity index (χ0) is 15.4. The van der Waals surface area contributed by atoms with Crippen molar-refractivity contribution in [3.63, 3.8) is 0 Å². The van der Waals surface area contributed by atoms with Crippen LogP contribution in [0.1, 0.15) is 15.9 Å². The highest BCUT2D eigenvalue weighted by Gasteiger charge is 2.15. The summed E-state index contributed by atoms with van der Waals surface area (Å²) in [6.07, 6.45) is 0. The highest BCUT2D eigenvalue weighted by atomic mass is 19.3. The molecule has 0 heterocycles. The Morgan fingerprint density at radius 1 is 1.24 bits per heavy atom. The number of hydrogen-bond donors (Lipinski definition) is 2. The number of ether oxygens (including phenoxy) is 1. The zero-order valence-electron chi connectivity index (χ0n) is 11.3. The molecule has 0 radical (unpaired) electrons. The number of carbonyl (C=O) groups excluding carboxylic acids is 1. The van der Waals surface area contributed by atoms with E-state index in [0.717, 1.165) is 5.56 Å². The molecule has 3 N–H and O–H groups in total. The Kier molecular flexibility index (Phi) is 4.37. The summed E-state index contributed by atoms with van der Waals surface area (Å²) in [5.74, 6) is -0.701. The van der Waals surface area contributed by atoms with Gasteiger partial charge in [-0.3, -0.25) is 4.79 Å². The van der Waals surface area contributed by atoms with Gasteiger partial charge in [0, 0.05) is 11.4 Å². The van der Waals surface area contributed by atoms with Crippen molar-refractivity contribution < 1.29 is 18.3 Å². The molecule has 0 aliphatic carbocycles. The second-order valence-corrected chi connectivity index (χ2v) is 4.40. The molecular formula is C15H14F2N2O2. The van der Waals surface area contributed by atoms with Crippen LogP contribution in [0.25, 0.3) is 0 Å². The van der Waals surface area contributed by atoms with Crippen LogP contribution >= 0.6 is 0 Å². The lowest BCUT2D eigenvalue weighted by atomic mass is 10.1. The second-order valence-electron chi connectivity index (χ2n) is 4.40. The molecule has 2 rings (SSSR count). The first-order chi connectivity index (χ1) is 9.97. The number of halogens is 2. The Balaban J connectivity index is 2.22. The average molecular weight is 292 g/mol. The van der Waals surface area contributed by atoms with Gasteiger partial charge in [0.2, 0.25) is 0 Å². The number of benzene rings is 2. The predicted molar refractivity (Wildman–Crippen MR) is 76.6 cm³/mol. The van der Waals surface area contributed by atoms with E-state index in [1.165, 1.54) is 18.2 Å². The molecule has 0 bridgehead atoms. The summed E-state index contributed by atoms with van der Waals surface area (Å²) in [7, 11) is 0. The molecule has 0 saturated heterocycles. The number of alkyl halides is 2. The maximum atomic E-state index is 12.3. The van der Waals surface area contributed by atoms with Gasteiger partial charge in [-0.25, -0.2) is 0 Å². The number of nitrogen functional groups attached to an aromatic ring is 1. The third-order valence-corrected chi connectivity index (χ3v) is 2.88. The fourth-order valence-electron chi connectivity index (χ4n) is 1.80. The summed E-state index contributed by atoms with van der Waals surface area (Å²) in [6.45, 7) is -1.18. The Morgan fingerprint density at radius 2 is 1.95 bits per heavy atom. The third kappa shape index (κ3) is 3.68. The molecule has 0 atom stereocenters. The molecule has 2 aromatic carbocycles. The largest absolute Gasteiger partial charge is 0.434 e. The average Bonchev–Trinajstić information content (AvgIpc) is 2.43. The van der Waals surface area contributed by atoms with E-state index in [0.29, 0.717) is 11.4 Å². The topological polar surface area (TPSA) is 64.3 Å². The predicted octanol–water partition coefficient (Wildman–Crippen LogP) is 3.43. The minimum atomic E-state index is -2.99. The lowest BCUT2D eigenvalue weighted by molar-refractivity contribution is -0.0501. The lowest BCUT2D eigenvalue weighted by Crippen LogP contribution is -2.15. The van der Waals surface area contributed by atoms with Crippen LogP contribution in [-0.4, -0.2) is 12.5 Å². The van der Waals surface area contributed by atoms with Gasteiger partial charge in [0.05, 0.1) is 5.56 Å². The molecule has 6 heteroatoms. The maximum absolute atomic E-state index is 12.3. The van der Waals surface area contributed by atoms with Crippen LogP contribution < -0.4 is 15.8 Å². The van der Waals surface area contributed by atoms with Gasteiger partial charge in [-0.15, -0.1) is 0 Å². The number of amides is 1. The molecule has 0 spiro atoms. The minimum absolute atomic E-state index is 0.0345. The van der Waals surface area contributed by atoms with Crippen molar-refractivity contribution in [2.24, 2.45) is 0 Å². The maximum Gasteiger partial charge on any atom is 0.387 e. The summed E-state index contributed by atoms with van der Waals surface area (Å²) in [5, 5.41) is 2.62.